The van der Waals surface area contributed by atoms with Crippen LogP contribution in [0.3, 0.4) is 0 Å². The second-order valence-corrected chi connectivity index (χ2v) is 29.0. The lowest BCUT2D eigenvalue weighted by atomic mass is 9.61. The van der Waals surface area contributed by atoms with Crippen molar-refractivity contribution in [1.29, 1.82) is 0 Å². The molecule has 3 aromatic carbocycles. The van der Waals surface area contributed by atoms with Crippen LogP contribution in [0.2, 0.25) is 39.3 Å². The molecular weight excluding hydrogens is 631 g/mol. The van der Waals surface area contributed by atoms with Crippen LogP contribution in [0.4, 0.5) is 0 Å². The third-order valence-electron chi connectivity index (χ3n) is 11.7. The first-order valence-corrected chi connectivity index (χ1v) is 26.1. The lowest BCUT2D eigenvalue weighted by Gasteiger charge is -2.51. The largest absolute Gasteiger partial charge is 0.213 e. The number of allylic oxidation sites excluding steroid dienone is 7. The van der Waals surface area contributed by atoms with E-state index in [-0.39, 0.29) is 20.8 Å². The van der Waals surface area contributed by atoms with Crippen molar-refractivity contribution in [1.82, 2.24) is 0 Å². The molecule has 240 valence electrons. The molecule has 1 nitrogen and oxygen atoms in total. The Bertz CT molecular complexity index is 2190. The Morgan fingerprint density at radius 1 is 0.708 bits per heavy atom. The first kappa shape index (κ1) is 30.5. The van der Waals surface area contributed by atoms with Gasteiger partial charge in [-0.3, -0.25) is 0 Å². The minimum Gasteiger partial charge on any atom is -0.188 e. The Morgan fingerprint density at radius 3 is 2.19 bits per heavy atom. The molecule has 0 amide bonds. The summed E-state index contributed by atoms with van der Waals surface area (Å²) in [6, 6.07) is 30.8. The summed E-state index contributed by atoms with van der Waals surface area (Å²) in [5, 5.41) is 5.92. The van der Waals surface area contributed by atoms with Crippen LogP contribution >= 0.6 is 10.5 Å². The number of benzene rings is 3. The van der Waals surface area contributed by atoms with Gasteiger partial charge < -0.3 is 0 Å². The minimum absolute atomic E-state index is 0.0220. The molecular formula is C44H46NSSi2+. The highest BCUT2D eigenvalue weighted by molar-refractivity contribution is 8.20. The van der Waals surface area contributed by atoms with Gasteiger partial charge in [0.2, 0.25) is 5.69 Å². The second kappa shape index (κ2) is 10.5. The van der Waals surface area contributed by atoms with E-state index in [2.05, 4.69) is 165 Å². The van der Waals surface area contributed by atoms with Crippen molar-refractivity contribution in [3.8, 4) is 22.4 Å². The summed E-state index contributed by atoms with van der Waals surface area (Å²) in [5.74, 6) is 0. The molecule has 0 saturated heterocycles. The topological polar surface area (TPSA) is 3.88 Å². The van der Waals surface area contributed by atoms with Gasteiger partial charge in [0.25, 0.3) is 0 Å². The van der Waals surface area contributed by atoms with Gasteiger partial charge in [0.15, 0.2) is 11.7 Å². The third-order valence-corrected chi connectivity index (χ3v) is 18.6. The number of rotatable bonds is 4. The Kier molecular flexibility index (Phi) is 6.64. The molecule has 2 aliphatic carbocycles. The van der Waals surface area contributed by atoms with Gasteiger partial charge in [-0.05, 0) is 69.8 Å². The Balaban J connectivity index is 1.23. The van der Waals surface area contributed by atoms with E-state index in [0.717, 1.165) is 25.7 Å². The van der Waals surface area contributed by atoms with Crippen molar-refractivity contribution >= 4 is 42.3 Å². The Morgan fingerprint density at radius 2 is 1.46 bits per heavy atom. The van der Waals surface area contributed by atoms with E-state index >= 15 is 0 Å². The van der Waals surface area contributed by atoms with Gasteiger partial charge in [0, 0.05) is 34.5 Å². The molecule has 1 aromatic heterocycles. The zero-order valence-corrected chi connectivity index (χ0v) is 32.0. The van der Waals surface area contributed by atoms with E-state index in [1.165, 1.54) is 44.6 Å². The quantitative estimate of drug-likeness (QED) is 0.115. The van der Waals surface area contributed by atoms with Gasteiger partial charge in [-0.2, -0.15) is 4.57 Å². The molecule has 9 rings (SSSR count). The smallest absolute Gasteiger partial charge is 0.188 e. The summed E-state index contributed by atoms with van der Waals surface area (Å²) in [5.41, 5.74) is 12.9. The van der Waals surface area contributed by atoms with Gasteiger partial charge in [0.1, 0.15) is 0 Å². The number of fused-ring (bicyclic) bond motifs is 9. The minimum atomic E-state index is -1.52. The Hall–Kier alpha value is -3.58. The molecule has 3 aliphatic heterocycles. The van der Waals surface area contributed by atoms with Gasteiger partial charge in [0.05, 0.1) is 26.5 Å². The molecule has 1 saturated carbocycles. The van der Waals surface area contributed by atoms with Crippen molar-refractivity contribution in [2.75, 3.05) is 0 Å². The monoisotopic (exact) mass is 676 g/mol. The van der Waals surface area contributed by atoms with E-state index in [9.17, 15) is 0 Å². The fraction of sp³-hybridized carbons (Fsp3) is 0.273. The standard InChI is InChI=1S/C44H46NSSi2/c1-47(2,3)35-19-23-41-37-25-33(31-13-9-7-10-14-31)17-21-39(37)43(45(41)27-35)29-44(30-43)40-22-18-34(32-15-11-8-12-16-32)26-38(40)42-24-20-36(28-46(42)44)48(4,5)6/h7-9,11-13,15-28H,10,14,29-30H2,1-6H3/q+1. The van der Waals surface area contributed by atoms with Crippen molar-refractivity contribution in [3.63, 3.8) is 0 Å². The first-order valence-electron chi connectivity index (χ1n) is 17.8. The average Bonchev–Trinajstić information content (AvgIpc) is 3.52. The molecule has 1 atom stereocenters. The van der Waals surface area contributed by atoms with Crippen molar-refractivity contribution in [2.45, 2.75) is 75.3 Å². The van der Waals surface area contributed by atoms with Crippen LogP contribution in [0.15, 0.2) is 126 Å². The van der Waals surface area contributed by atoms with E-state index in [4.69, 9.17) is 0 Å². The van der Waals surface area contributed by atoms with Crippen molar-refractivity contribution in [2.24, 2.45) is 0 Å². The van der Waals surface area contributed by atoms with E-state index in [0.29, 0.717) is 0 Å². The summed E-state index contributed by atoms with van der Waals surface area (Å²) >= 11 is 0. The average molecular weight is 677 g/mol. The highest BCUT2D eigenvalue weighted by Gasteiger charge is 2.69. The van der Waals surface area contributed by atoms with Crippen LogP contribution in [0, 0.1) is 0 Å². The zero-order valence-electron chi connectivity index (χ0n) is 29.2. The van der Waals surface area contributed by atoms with E-state index in [1.54, 1.807) is 20.8 Å². The lowest BCUT2D eigenvalue weighted by molar-refractivity contribution is -0.752. The fourth-order valence-electron chi connectivity index (χ4n) is 8.95. The maximum atomic E-state index is 2.76. The number of aromatic nitrogens is 1. The maximum Gasteiger partial charge on any atom is 0.213 e. The number of pyridine rings is 1. The number of hydrogen-bond donors (Lipinski definition) is 0. The summed E-state index contributed by atoms with van der Waals surface area (Å²) in [7, 11) is -2.97. The Labute approximate surface area is 291 Å². The summed E-state index contributed by atoms with van der Waals surface area (Å²) < 4.78 is 2.88. The van der Waals surface area contributed by atoms with Crippen LogP contribution in [0.5, 0.6) is 0 Å². The molecule has 0 bridgehead atoms. The van der Waals surface area contributed by atoms with Crippen LogP contribution in [-0.4, -0.2) is 21.0 Å². The molecule has 1 unspecified atom stereocenters. The molecule has 4 heterocycles. The molecule has 48 heavy (non-hydrogen) atoms. The van der Waals surface area contributed by atoms with Crippen LogP contribution in [0.25, 0.3) is 28.0 Å². The highest BCUT2D eigenvalue weighted by atomic mass is 32.2. The van der Waals surface area contributed by atoms with Crippen molar-refractivity contribution < 1.29 is 4.57 Å². The van der Waals surface area contributed by atoms with Gasteiger partial charge in [-0.15, -0.1) is 10.5 Å². The zero-order chi connectivity index (χ0) is 33.1. The molecule has 2 spiro atoms. The maximum absolute atomic E-state index is 2.76. The van der Waals surface area contributed by atoms with Crippen LogP contribution in [-0.2, 0) is 10.3 Å². The SMILES string of the molecule is C[Si](C)(C)C1=CS2=C(C=C1)c1cc(-c3ccccc3)ccc1C21CC2(C1)c1ccc(C3=CC=CCC3)cc1-c1ccc([Si](C)(C)C)c[n+]12. The normalized spacial score (nSPS) is 25.0. The summed E-state index contributed by atoms with van der Waals surface area (Å²) in [6.45, 7) is 15.0. The molecule has 4 aromatic rings. The van der Waals surface area contributed by atoms with Crippen molar-refractivity contribution in [3.05, 3.63) is 148 Å². The van der Waals surface area contributed by atoms with E-state index < -0.39 is 16.1 Å². The second-order valence-electron chi connectivity index (χ2n) is 16.7. The predicted molar refractivity (Wildman–Crippen MR) is 214 cm³/mol. The summed E-state index contributed by atoms with van der Waals surface area (Å²) in [6.07, 6.45) is 19.0. The van der Waals surface area contributed by atoms with Gasteiger partial charge in [-0.25, -0.2) is 0 Å². The van der Waals surface area contributed by atoms with Crippen LogP contribution in [0.1, 0.15) is 47.9 Å². The van der Waals surface area contributed by atoms with Gasteiger partial charge in [-0.1, -0.05) is 129 Å². The number of nitrogens with zero attached hydrogens (tertiary/aromatic N) is 1. The molecule has 5 aliphatic rings. The van der Waals surface area contributed by atoms with Gasteiger partial charge >= 0.3 is 0 Å². The van der Waals surface area contributed by atoms with E-state index in [1.807, 2.05) is 0 Å². The fourth-order valence-corrected chi connectivity index (χ4v) is 15.3. The third kappa shape index (κ3) is 4.41. The first-order chi connectivity index (χ1) is 23.0. The summed E-state index contributed by atoms with van der Waals surface area (Å²) in [4.78, 5) is 1.56. The molecule has 1 fully saturated rings. The number of hydrogen-bond acceptors (Lipinski definition) is 0. The van der Waals surface area contributed by atoms with Crippen LogP contribution < -0.4 is 9.75 Å². The highest BCUT2D eigenvalue weighted by Crippen LogP contribution is 2.70. The lowest BCUT2D eigenvalue weighted by Crippen LogP contribution is -2.67. The predicted octanol–water partition coefficient (Wildman–Crippen LogP) is 10.5. The molecule has 4 heteroatoms. The molecule has 0 radical (unpaired) electrons. The molecule has 0 N–H and O–H groups in total.